The summed E-state index contributed by atoms with van der Waals surface area (Å²) in [7, 11) is 0. The van der Waals surface area contributed by atoms with Gasteiger partial charge in [-0.15, -0.1) is 11.3 Å². The predicted octanol–water partition coefficient (Wildman–Crippen LogP) is 4.49. The number of hydrogen-bond donors (Lipinski definition) is 2. The molecule has 0 spiro atoms. The topological polar surface area (TPSA) is 97.1 Å². The van der Waals surface area contributed by atoms with Crippen LogP contribution in [0.3, 0.4) is 0 Å². The summed E-state index contributed by atoms with van der Waals surface area (Å²) in [4.78, 5) is 32.4. The third-order valence-electron chi connectivity index (χ3n) is 4.08. The second kappa shape index (κ2) is 8.02. The van der Waals surface area contributed by atoms with Crippen LogP contribution in [0.2, 0.25) is 5.15 Å². The molecule has 0 fully saturated rings. The monoisotopic (exact) mass is 426 g/mol. The van der Waals surface area contributed by atoms with Crippen molar-refractivity contribution in [1.29, 1.82) is 0 Å². The number of nitrogens with one attached hydrogen (secondary N) is 2. The van der Waals surface area contributed by atoms with E-state index in [0.29, 0.717) is 45.4 Å². The van der Waals surface area contributed by atoms with E-state index in [1.807, 2.05) is 18.2 Å². The fourth-order valence-electron chi connectivity index (χ4n) is 2.76. The zero-order chi connectivity index (χ0) is 20.4. The average molecular weight is 427 g/mol. The quantitative estimate of drug-likeness (QED) is 0.458. The second-order valence-electron chi connectivity index (χ2n) is 6.18. The van der Waals surface area contributed by atoms with Crippen molar-refractivity contribution in [2.24, 2.45) is 0 Å². The lowest BCUT2D eigenvalue weighted by atomic mass is 10.1. The molecular formula is C20H15ClN4O3S. The number of rotatable bonds is 5. The fraction of sp³-hybridized carbons (Fsp3) is 0.100. The highest BCUT2D eigenvalue weighted by Crippen LogP contribution is 2.28. The first-order valence-corrected chi connectivity index (χ1v) is 9.91. The minimum Gasteiger partial charge on any atom is -0.458 e. The fourth-order valence-corrected chi connectivity index (χ4v) is 3.66. The summed E-state index contributed by atoms with van der Waals surface area (Å²) in [6.07, 6.45) is 0. The van der Waals surface area contributed by atoms with Crippen molar-refractivity contribution in [3.8, 4) is 11.5 Å². The number of furan rings is 1. The number of hydrogen-bond acceptors (Lipinski definition) is 6. The Labute approximate surface area is 174 Å². The predicted molar refractivity (Wildman–Crippen MR) is 112 cm³/mol. The lowest BCUT2D eigenvalue weighted by molar-refractivity contribution is -0.119. The van der Waals surface area contributed by atoms with Crippen molar-refractivity contribution in [2.75, 3.05) is 5.32 Å². The van der Waals surface area contributed by atoms with Gasteiger partial charge < -0.3 is 9.73 Å². The SMILES string of the molecule is CC(=O)NCc1ccc(-c2csc(NC(=O)c3cc(Cl)nc4ccccc34)n2)o1. The van der Waals surface area contributed by atoms with E-state index in [1.165, 1.54) is 24.3 Å². The maximum absolute atomic E-state index is 12.8. The average Bonchev–Trinajstić information content (AvgIpc) is 3.35. The van der Waals surface area contributed by atoms with Crippen LogP contribution in [0.15, 0.2) is 52.3 Å². The van der Waals surface area contributed by atoms with Crippen LogP contribution in [0.5, 0.6) is 0 Å². The largest absolute Gasteiger partial charge is 0.458 e. The van der Waals surface area contributed by atoms with Crippen molar-refractivity contribution in [3.63, 3.8) is 0 Å². The normalized spacial score (nSPS) is 10.8. The van der Waals surface area contributed by atoms with Crippen LogP contribution >= 0.6 is 22.9 Å². The van der Waals surface area contributed by atoms with Crippen molar-refractivity contribution in [2.45, 2.75) is 13.5 Å². The number of aromatic nitrogens is 2. The summed E-state index contributed by atoms with van der Waals surface area (Å²) in [5.74, 6) is 0.716. The molecule has 0 bridgehead atoms. The number of anilines is 1. The number of para-hydroxylation sites is 1. The molecule has 1 aromatic carbocycles. The van der Waals surface area contributed by atoms with Gasteiger partial charge in [0, 0.05) is 17.7 Å². The molecule has 2 amide bonds. The molecule has 0 radical (unpaired) electrons. The minimum absolute atomic E-state index is 0.134. The maximum Gasteiger partial charge on any atom is 0.258 e. The summed E-state index contributed by atoms with van der Waals surface area (Å²) < 4.78 is 5.69. The number of carbonyl (C=O) groups is 2. The molecule has 0 saturated carbocycles. The number of thiazole rings is 1. The first-order valence-electron chi connectivity index (χ1n) is 8.65. The lowest BCUT2D eigenvalue weighted by Crippen LogP contribution is -2.18. The zero-order valence-electron chi connectivity index (χ0n) is 15.2. The number of benzene rings is 1. The Kier molecular flexibility index (Phi) is 5.28. The summed E-state index contributed by atoms with van der Waals surface area (Å²) in [5.41, 5.74) is 1.66. The van der Waals surface area contributed by atoms with Gasteiger partial charge in [-0.2, -0.15) is 0 Å². The zero-order valence-corrected chi connectivity index (χ0v) is 16.8. The molecule has 3 aromatic heterocycles. The van der Waals surface area contributed by atoms with Gasteiger partial charge >= 0.3 is 0 Å². The van der Waals surface area contributed by atoms with Crippen LogP contribution in [-0.2, 0) is 11.3 Å². The van der Waals surface area contributed by atoms with Crippen LogP contribution in [0.1, 0.15) is 23.0 Å². The number of nitrogens with zero attached hydrogens (tertiary/aromatic N) is 2. The van der Waals surface area contributed by atoms with Gasteiger partial charge in [0.1, 0.15) is 16.6 Å². The van der Waals surface area contributed by atoms with Gasteiger partial charge in [0.2, 0.25) is 5.91 Å². The first-order chi connectivity index (χ1) is 14.0. The van der Waals surface area contributed by atoms with Crippen LogP contribution in [0.4, 0.5) is 5.13 Å². The summed E-state index contributed by atoms with van der Waals surface area (Å²) in [6.45, 7) is 1.75. The van der Waals surface area contributed by atoms with E-state index in [0.717, 1.165) is 0 Å². The number of halogens is 1. The van der Waals surface area contributed by atoms with Crippen molar-refractivity contribution in [1.82, 2.24) is 15.3 Å². The highest BCUT2D eigenvalue weighted by molar-refractivity contribution is 7.14. The molecule has 0 unspecified atom stereocenters. The number of fused-ring (bicyclic) bond motifs is 1. The van der Waals surface area contributed by atoms with E-state index in [2.05, 4.69) is 20.6 Å². The molecule has 0 aliphatic rings. The lowest BCUT2D eigenvalue weighted by Gasteiger charge is -2.06. The molecule has 0 aliphatic heterocycles. The molecule has 4 rings (SSSR count). The molecule has 9 heteroatoms. The van der Waals surface area contributed by atoms with Gasteiger partial charge in [-0.3, -0.25) is 14.9 Å². The minimum atomic E-state index is -0.322. The van der Waals surface area contributed by atoms with Gasteiger partial charge in [0.25, 0.3) is 5.91 Å². The number of carbonyl (C=O) groups excluding carboxylic acids is 2. The van der Waals surface area contributed by atoms with Gasteiger partial charge in [-0.1, -0.05) is 29.8 Å². The van der Waals surface area contributed by atoms with E-state index in [9.17, 15) is 9.59 Å². The van der Waals surface area contributed by atoms with E-state index < -0.39 is 0 Å². The van der Waals surface area contributed by atoms with Crippen molar-refractivity contribution < 1.29 is 14.0 Å². The summed E-state index contributed by atoms with van der Waals surface area (Å²) >= 11 is 7.34. The molecular weight excluding hydrogens is 412 g/mol. The highest BCUT2D eigenvalue weighted by Gasteiger charge is 2.15. The van der Waals surface area contributed by atoms with Crippen molar-refractivity contribution in [3.05, 3.63) is 64.3 Å². The Balaban J connectivity index is 1.53. The Hall–Kier alpha value is -3.23. The van der Waals surface area contributed by atoms with Gasteiger partial charge in [0.15, 0.2) is 10.9 Å². The molecule has 29 heavy (non-hydrogen) atoms. The van der Waals surface area contributed by atoms with Crippen molar-refractivity contribution >= 4 is 50.8 Å². The highest BCUT2D eigenvalue weighted by atomic mass is 35.5. The van der Waals surface area contributed by atoms with Crippen LogP contribution in [0, 0.1) is 0 Å². The van der Waals surface area contributed by atoms with Gasteiger partial charge in [-0.05, 0) is 24.3 Å². The molecule has 146 valence electrons. The molecule has 0 atom stereocenters. The van der Waals surface area contributed by atoms with Crippen LogP contribution < -0.4 is 10.6 Å². The smallest absolute Gasteiger partial charge is 0.258 e. The molecule has 7 nitrogen and oxygen atoms in total. The third-order valence-corrected chi connectivity index (χ3v) is 5.03. The Morgan fingerprint density at radius 3 is 2.83 bits per heavy atom. The molecule has 0 aliphatic carbocycles. The second-order valence-corrected chi connectivity index (χ2v) is 7.42. The Bertz CT molecular complexity index is 1220. The molecule has 4 aromatic rings. The standard InChI is InChI=1S/C20H15ClN4O3S/c1-11(26)22-9-12-6-7-17(28-12)16-10-29-20(24-16)25-19(27)14-8-18(21)23-15-5-3-2-4-13(14)15/h2-8,10H,9H2,1H3,(H,22,26)(H,24,25,27). The first kappa shape index (κ1) is 19.1. The van der Waals surface area contributed by atoms with E-state index >= 15 is 0 Å². The van der Waals surface area contributed by atoms with E-state index in [-0.39, 0.29) is 17.0 Å². The summed E-state index contributed by atoms with van der Waals surface area (Å²) in [6, 6.07) is 12.4. The molecule has 2 N–H and O–H groups in total. The number of amides is 2. The Morgan fingerprint density at radius 2 is 2.00 bits per heavy atom. The number of pyridine rings is 1. The maximum atomic E-state index is 12.8. The molecule has 0 saturated heterocycles. The van der Waals surface area contributed by atoms with Crippen LogP contribution in [0.25, 0.3) is 22.4 Å². The van der Waals surface area contributed by atoms with Gasteiger partial charge in [-0.25, -0.2) is 9.97 Å². The van der Waals surface area contributed by atoms with E-state index in [1.54, 1.807) is 23.6 Å². The van der Waals surface area contributed by atoms with E-state index in [4.69, 9.17) is 16.0 Å². The third kappa shape index (κ3) is 4.28. The van der Waals surface area contributed by atoms with Gasteiger partial charge in [0.05, 0.1) is 17.6 Å². The molecule has 3 heterocycles. The summed E-state index contributed by atoms with van der Waals surface area (Å²) in [5, 5.41) is 8.64. The van der Waals surface area contributed by atoms with Crippen LogP contribution in [-0.4, -0.2) is 21.8 Å². The Morgan fingerprint density at radius 1 is 1.17 bits per heavy atom.